The summed E-state index contributed by atoms with van der Waals surface area (Å²) in [5.74, 6) is -0.956. The molecule has 5 nitrogen and oxygen atoms in total. The van der Waals surface area contributed by atoms with Crippen molar-refractivity contribution in [3.05, 3.63) is 58.3 Å². The van der Waals surface area contributed by atoms with Gasteiger partial charge in [0.15, 0.2) is 5.78 Å². The Morgan fingerprint density at radius 2 is 1.84 bits per heavy atom. The second kappa shape index (κ2) is 8.07. The number of hydrogen-bond donors (Lipinski definition) is 1. The Balaban J connectivity index is 1.59. The predicted molar refractivity (Wildman–Crippen MR) is 94.3 cm³/mol. The van der Waals surface area contributed by atoms with Crippen LogP contribution in [0.25, 0.3) is 0 Å². The lowest BCUT2D eigenvalue weighted by atomic mass is 10.1. The van der Waals surface area contributed by atoms with Gasteiger partial charge in [0, 0.05) is 18.0 Å². The van der Waals surface area contributed by atoms with Crippen LogP contribution in [-0.2, 0) is 14.3 Å². The van der Waals surface area contributed by atoms with Gasteiger partial charge in [0.05, 0.1) is 11.3 Å². The van der Waals surface area contributed by atoms with E-state index >= 15 is 0 Å². The van der Waals surface area contributed by atoms with Crippen molar-refractivity contribution in [1.29, 1.82) is 0 Å². The van der Waals surface area contributed by atoms with Crippen LogP contribution in [0.5, 0.6) is 0 Å². The number of carbonyl (C=O) groups excluding carboxylic acids is 3. The zero-order valence-corrected chi connectivity index (χ0v) is 14.5. The first-order valence-electron chi connectivity index (χ1n) is 8.25. The van der Waals surface area contributed by atoms with Gasteiger partial charge in [0.1, 0.15) is 0 Å². The maximum Gasteiger partial charge on any atom is 0.307 e. The highest BCUT2D eigenvalue weighted by Crippen LogP contribution is 2.24. The van der Waals surface area contributed by atoms with Crippen molar-refractivity contribution in [2.24, 2.45) is 0 Å². The molecule has 1 N–H and O–H groups in total. The average molecular weight is 357 g/mol. The molecule has 130 valence electrons. The van der Waals surface area contributed by atoms with Crippen LogP contribution in [0.3, 0.4) is 0 Å². The van der Waals surface area contributed by atoms with Crippen LogP contribution in [0, 0.1) is 0 Å². The van der Waals surface area contributed by atoms with Gasteiger partial charge >= 0.3 is 5.97 Å². The molecule has 0 aliphatic heterocycles. The molecular weight excluding hydrogens is 338 g/mol. The second-order valence-corrected chi connectivity index (χ2v) is 6.91. The van der Waals surface area contributed by atoms with E-state index in [2.05, 4.69) is 5.32 Å². The van der Waals surface area contributed by atoms with Crippen LogP contribution in [0.4, 0.5) is 0 Å². The predicted octanol–water partition coefficient (Wildman–Crippen LogP) is 3.27. The van der Waals surface area contributed by atoms with Gasteiger partial charge in [-0.2, -0.15) is 0 Å². The average Bonchev–Trinajstić information content (AvgIpc) is 3.26. The molecule has 2 aromatic rings. The quantitative estimate of drug-likeness (QED) is 0.581. The molecule has 3 rings (SSSR count). The Kier molecular flexibility index (Phi) is 5.60. The summed E-state index contributed by atoms with van der Waals surface area (Å²) < 4.78 is 5.39. The fraction of sp³-hybridized carbons (Fsp3) is 0.316. The van der Waals surface area contributed by atoms with Crippen LogP contribution in [-0.4, -0.2) is 23.7 Å². The number of carbonyl (C=O) groups is 3. The summed E-state index contributed by atoms with van der Waals surface area (Å²) >= 11 is 1.35. The van der Waals surface area contributed by atoms with Gasteiger partial charge < -0.3 is 10.1 Å². The summed E-state index contributed by atoms with van der Waals surface area (Å²) in [4.78, 5) is 37.2. The van der Waals surface area contributed by atoms with E-state index in [1.165, 1.54) is 11.3 Å². The Labute approximate surface area is 150 Å². The maximum absolute atomic E-state index is 12.4. The lowest BCUT2D eigenvalue weighted by Gasteiger charge is -2.18. The zero-order chi connectivity index (χ0) is 17.6. The van der Waals surface area contributed by atoms with E-state index in [0.29, 0.717) is 10.4 Å². The van der Waals surface area contributed by atoms with Gasteiger partial charge in [-0.25, -0.2) is 0 Å². The molecule has 1 atom stereocenters. The van der Waals surface area contributed by atoms with E-state index in [1.54, 1.807) is 36.4 Å². The topological polar surface area (TPSA) is 72.5 Å². The molecule has 1 fully saturated rings. The number of esters is 1. The molecule has 1 amide bonds. The molecule has 6 heteroatoms. The Bertz CT molecular complexity index is 738. The van der Waals surface area contributed by atoms with Crippen LogP contribution < -0.4 is 5.32 Å². The minimum atomic E-state index is -0.980. The van der Waals surface area contributed by atoms with E-state index in [-0.39, 0.29) is 30.6 Å². The van der Waals surface area contributed by atoms with Crippen LogP contribution in [0.1, 0.15) is 47.0 Å². The fourth-order valence-corrected chi connectivity index (χ4v) is 3.07. The van der Waals surface area contributed by atoms with Crippen molar-refractivity contribution < 1.29 is 19.1 Å². The van der Waals surface area contributed by atoms with Gasteiger partial charge in [-0.1, -0.05) is 36.4 Å². The van der Waals surface area contributed by atoms with Crippen molar-refractivity contribution in [2.75, 3.05) is 0 Å². The number of Topliss-reactive ketones (excluding diaryl/α,β-unsaturated/α-hetero) is 1. The minimum absolute atomic E-state index is 0.0449. The first kappa shape index (κ1) is 17.4. The molecule has 0 saturated heterocycles. The highest BCUT2D eigenvalue weighted by molar-refractivity contribution is 7.12. The zero-order valence-electron chi connectivity index (χ0n) is 13.6. The summed E-state index contributed by atoms with van der Waals surface area (Å²) in [5, 5.41) is 4.68. The third-order valence-electron chi connectivity index (χ3n) is 3.87. The molecule has 1 saturated carbocycles. The number of ketones is 1. The smallest absolute Gasteiger partial charge is 0.307 e. The van der Waals surface area contributed by atoms with Gasteiger partial charge in [-0.15, -0.1) is 11.3 Å². The van der Waals surface area contributed by atoms with Gasteiger partial charge in [-0.3, -0.25) is 14.4 Å². The minimum Gasteiger partial charge on any atom is -0.447 e. The van der Waals surface area contributed by atoms with E-state index < -0.39 is 12.1 Å². The lowest BCUT2D eigenvalue weighted by Crippen LogP contribution is -2.33. The van der Waals surface area contributed by atoms with Crippen LogP contribution in [0.15, 0.2) is 47.8 Å². The molecule has 0 unspecified atom stereocenters. The first-order chi connectivity index (χ1) is 12.1. The van der Waals surface area contributed by atoms with Gasteiger partial charge in [0.2, 0.25) is 6.10 Å². The number of thiophene rings is 1. The van der Waals surface area contributed by atoms with E-state index in [4.69, 9.17) is 4.74 Å². The third-order valence-corrected chi connectivity index (χ3v) is 4.78. The van der Waals surface area contributed by atoms with Crippen LogP contribution in [0.2, 0.25) is 0 Å². The number of amides is 1. The van der Waals surface area contributed by atoms with Crippen molar-refractivity contribution in [2.45, 2.75) is 37.8 Å². The number of hydrogen-bond acceptors (Lipinski definition) is 5. The molecule has 1 aliphatic rings. The summed E-state index contributed by atoms with van der Waals surface area (Å²) in [7, 11) is 0. The molecule has 0 bridgehead atoms. The molecule has 0 spiro atoms. The van der Waals surface area contributed by atoms with Crippen molar-refractivity contribution in [3.8, 4) is 0 Å². The highest BCUT2D eigenvalue weighted by Gasteiger charge is 2.30. The van der Waals surface area contributed by atoms with Crippen molar-refractivity contribution in [1.82, 2.24) is 5.32 Å². The second-order valence-electron chi connectivity index (χ2n) is 5.96. The van der Waals surface area contributed by atoms with Gasteiger partial charge in [-0.05, 0) is 24.3 Å². The van der Waals surface area contributed by atoms with Gasteiger partial charge in [0.25, 0.3) is 5.91 Å². The Morgan fingerprint density at radius 3 is 2.48 bits per heavy atom. The van der Waals surface area contributed by atoms with E-state index in [9.17, 15) is 14.4 Å². The number of nitrogens with one attached hydrogen (secondary N) is 1. The molecule has 1 aromatic heterocycles. The van der Waals surface area contributed by atoms with E-state index in [0.717, 1.165) is 12.8 Å². The monoisotopic (exact) mass is 357 g/mol. The highest BCUT2D eigenvalue weighted by atomic mass is 32.1. The summed E-state index contributed by atoms with van der Waals surface area (Å²) in [6.45, 7) is 0. The Hall–Kier alpha value is -2.47. The summed E-state index contributed by atoms with van der Waals surface area (Å²) in [6, 6.07) is 12.6. The molecule has 0 radical (unpaired) electrons. The SMILES string of the molecule is O=C(CCC(=O)c1cccs1)O[C@@H](C(=O)NC1CC1)c1ccccc1. The normalized spacial score (nSPS) is 14.6. The first-order valence-corrected chi connectivity index (χ1v) is 9.13. The number of benzene rings is 1. The number of ether oxygens (including phenoxy) is 1. The Morgan fingerprint density at radius 1 is 1.08 bits per heavy atom. The number of rotatable bonds is 8. The maximum atomic E-state index is 12.4. The fourth-order valence-electron chi connectivity index (χ4n) is 2.37. The third kappa shape index (κ3) is 5.00. The molecule has 1 aromatic carbocycles. The lowest BCUT2D eigenvalue weighted by molar-refractivity contribution is -0.156. The standard InChI is InChI=1S/C19H19NO4S/c21-15(16-7-4-12-25-16)10-11-17(22)24-18(13-5-2-1-3-6-13)19(23)20-14-8-9-14/h1-7,12,14,18H,8-11H2,(H,20,23)/t18-/m1/s1. The van der Waals surface area contributed by atoms with Crippen LogP contribution >= 0.6 is 11.3 Å². The van der Waals surface area contributed by atoms with Crippen molar-refractivity contribution in [3.63, 3.8) is 0 Å². The van der Waals surface area contributed by atoms with E-state index in [1.807, 2.05) is 11.4 Å². The molecule has 1 heterocycles. The molecule has 1 aliphatic carbocycles. The molecule has 25 heavy (non-hydrogen) atoms. The molecular formula is C19H19NO4S. The van der Waals surface area contributed by atoms with Crippen molar-refractivity contribution >= 4 is 29.0 Å². The summed E-state index contributed by atoms with van der Waals surface area (Å²) in [5.41, 5.74) is 0.624. The largest absolute Gasteiger partial charge is 0.447 e. The summed E-state index contributed by atoms with van der Waals surface area (Å²) in [6.07, 6.45) is 0.959.